The van der Waals surface area contributed by atoms with Crippen molar-refractivity contribution >= 4 is 40.8 Å². The highest BCUT2D eigenvalue weighted by Crippen LogP contribution is 2.22. The van der Waals surface area contributed by atoms with Gasteiger partial charge in [-0.05, 0) is 31.0 Å². The van der Waals surface area contributed by atoms with Crippen LogP contribution in [0.2, 0.25) is 10.0 Å². The van der Waals surface area contributed by atoms with Gasteiger partial charge in [0.1, 0.15) is 0 Å². The molecule has 1 fully saturated rings. The van der Waals surface area contributed by atoms with Gasteiger partial charge in [0.25, 0.3) is 5.91 Å². The van der Waals surface area contributed by atoms with E-state index in [1.54, 1.807) is 11.0 Å². The van der Waals surface area contributed by atoms with Crippen molar-refractivity contribution < 1.29 is 14.4 Å². The lowest BCUT2D eigenvalue weighted by Gasteiger charge is -2.31. The number of ketones is 1. The van der Waals surface area contributed by atoms with Gasteiger partial charge >= 0.3 is 0 Å². The first-order valence-electron chi connectivity index (χ1n) is 9.06. The molecule has 1 heterocycles. The molecule has 1 N–H and O–H groups in total. The molecular weight excluding hydrogens is 399 g/mol. The van der Waals surface area contributed by atoms with Gasteiger partial charge in [0, 0.05) is 29.6 Å². The van der Waals surface area contributed by atoms with Crippen LogP contribution in [-0.4, -0.2) is 42.1 Å². The zero-order valence-electron chi connectivity index (χ0n) is 15.2. The summed E-state index contributed by atoms with van der Waals surface area (Å²) >= 11 is 11.8. The zero-order valence-corrected chi connectivity index (χ0v) is 16.7. The number of nitrogens with zero attached hydrogens (tertiary/aromatic N) is 1. The molecule has 2 aromatic carbocycles. The van der Waals surface area contributed by atoms with E-state index >= 15 is 0 Å². The van der Waals surface area contributed by atoms with Gasteiger partial charge in [-0.15, -0.1) is 0 Å². The Bertz CT molecular complexity index is 878. The molecule has 2 aromatic rings. The summed E-state index contributed by atoms with van der Waals surface area (Å²) in [5.74, 6) is -0.555. The number of rotatable bonds is 5. The van der Waals surface area contributed by atoms with Gasteiger partial charge in [-0.1, -0.05) is 53.5 Å². The van der Waals surface area contributed by atoms with Crippen molar-refractivity contribution in [1.82, 2.24) is 10.2 Å². The minimum absolute atomic E-state index is 0.0751. The van der Waals surface area contributed by atoms with Gasteiger partial charge in [0.2, 0.25) is 5.91 Å². The number of carbonyl (C=O) groups is 3. The number of piperidine rings is 1. The van der Waals surface area contributed by atoms with Crippen molar-refractivity contribution in [2.24, 2.45) is 5.92 Å². The molecule has 146 valence electrons. The molecule has 0 unspecified atom stereocenters. The van der Waals surface area contributed by atoms with Gasteiger partial charge in [-0.3, -0.25) is 14.4 Å². The highest BCUT2D eigenvalue weighted by atomic mass is 35.5. The van der Waals surface area contributed by atoms with E-state index in [1.165, 1.54) is 12.1 Å². The molecule has 3 rings (SSSR count). The molecular formula is C21H20Cl2N2O3. The first kappa shape index (κ1) is 20.4. The summed E-state index contributed by atoms with van der Waals surface area (Å²) in [6.45, 7) is 0.883. The molecule has 0 saturated carbocycles. The van der Waals surface area contributed by atoms with Crippen molar-refractivity contribution in [2.75, 3.05) is 19.6 Å². The second kappa shape index (κ2) is 9.22. The van der Waals surface area contributed by atoms with Crippen molar-refractivity contribution in [3.8, 4) is 0 Å². The molecule has 0 bridgehead atoms. The molecule has 28 heavy (non-hydrogen) atoms. The van der Waals surface area contributed by atoms with Crippen LogP contribution in [0.25, 0.3) is 0 Å². The minimum atomic E-state index is -0.427. The van der Waals surface area contributed by atoms with Crippen LogP contribution < -0.4 is 5.32 Å². The van der Waals surface area contributed by atoms with E-state index in [0.717, 1.165) is 0 Å². The lowest BCUT2D eigenvalue weighted by Crippen LogP contribution is -2.45. The van der Waals surface area contributed by atoms with Gasteiger partial charge < -0.3 is 10.2 Å². The molecule has 0 spiro atoms. The third kappa shape index (κ3) is 4.91. The summed E-state index contributed by atoms with van der Waals surface area (Å²) in [6, 6.07) is 13.8. The van der Waals surface area contributed by atoms with Gasteiger partial charge in [-0.2, -0.15) is 0 Å². The molecule has 7 heteroatoms. The van der Waals surface area contributed by atoms with Crippen LogP contribution in [-0.2, 0) is 4.79 Å². The molecule has 5 nitrogen and oxygen atoms in total. The average Bonchev–Trinajstić information content (AvgIpc) is 2.72. The standard InChI is InChI=1S/C21H20Cl2N2O3/c22-16-6-7-17(18(23)12-16)21(28)24-13-19(26)25-10-8-15(9-11-25)20(27)14-4-2-1-3-5-14/h1-7,12,15H,8-11,13H2,(H,24,28). The van der Waals surface area contributed by atoms with Crippen molar-refractivity contribution in [1.29, 1.82) is 0 Å². The Hall–Kier alpha value is -2.37. The Morgan fingerprint density at radius 1 is 1.00 bits per heavy atom. The number of Topliss-reactive ketones (excluding diaryl/α,β-unsaturated/α-hetero) is 1. The molecule has 0 radical (unpaired) electrons. The smallest absolute Gasteiger partial charge is 0.253 e. The van der Waals surface area contributed by atoms with E-state index in [0.29, 0.717) is 36.5 Å². The van der Waals surface area contributed by atoms with Gasteiger partial charge in [-0.25, -0.2) is 0 Å². The third-order valence-corrected chi connectivity index (χ3v) is 5.40. The van der Waals surface area contributed by atoms with Crippen LogP contribution >= 0.6 is 23.2 Å². The van der Waals surface area contributed by atoms with Crippen LogP contribution in [0.1, 0.15) is 33.6 Å². The number of hydrogen-bond acceptors (Lipinski definition) is 3. The summed E-state index contributed by atoms with van der Waals surface area (Å²) in [4.78, 5) is 38.8. The fourth-order valence-electron chi connectivity index (χ4n) is 3.27. The van der Waals surface area contributed by atoms with Crippen LogP contribution in [0.4, 0.5) is 0 Å². The predicted octanol–water partition coefficient (Wildman–Crippen LogP) is 3.84. The third-order valence-electron chi connectivity index (χ3n) is 4.85. The van der Waals surface area contributed by atoms with E-state index in [2.05, 4.69) is 5.32 Å². The number of benzene rings is 2. The van der Waals surface area contributed by atoms with Crippen LogP contribution in [0, 0.1) is 5.92 Å². The van der Waals surface area contributed by atoms with E-state index in [1.807, 2.05) is 30.3 Å². The maximum absolute atomic E-state index is 12.5. The molecule has 0 aromatic heterocycles. The molecule has 1 saturated heterocycles. The van der Waals surface area contributed by atoms with E-state index in [-0.39, 0.29) is 34.7 Å². The fourth-order valence-corrected chi connectivity index (χ4v) is 3.76. The normalized spacial score (nSPS) is 14.6. The quantitative estimate of drug-likeness (QED) is 0.749. The second-order valence-corrected chi connectivity index (χ2v) is 7.54. The number of amides is 2. The summed E-state index contributed by atoms with van der Waals surface area (Å²) in [7, 11) is 0. The minimum Gasteiger partial charge on any atom is -0.343 e. The molecule has 1 aliphatic heterocycles. The monoisotopic (exact) mass is 418 g/mol. The van der Waals surface area contributed by atoms with Crippen molar-refractivity contribution in [3.63, 3.8) is 0 Å². The van der Waals surface area contributed by atoms with Crippen LogP contribution in [0.3, 0.4) is 0 Å². The largest absolute Gasteiger partial charge is 0.343 e. The van der Waals surface area contributed by atoms with E-state index in [9.17, 15) is 14.4 Å². The summed E-state index contributed by atoms with van der Waals surface area (Å²) < 4.78 is 0. The van der Waals surface area contributed by atoms with Crippen LogP contribution in [0.15, 0.2) is 48.5 Å². The highest BCUT2D eigenvalue weighted by molar-refractivity contribution is 6.36. The number of nitrogens with one attached hydrogen (secondary N) is 1. The van der Waals surface area contributed by atoms with Crippen LogP contribution in [0.5, 0.6) is 0 Å². The fraction of sp³-hybridized carbons (Fsp3) is 0.286. The zero-order chi connectivity index (χ0) is 20.1. The van der Waals surface area contributed by atoms with Crippen molar-refractivity contribution in [2.45, 2.75) is 12.8 Å². The first-order chi connectivity index (χ1) is 13.5. The Morgan fingerprint density at radius 3 is 2.32 bits per heavy atom. The average molecular weight is 419 g/mol. The Morgan fingerprint density at radius 2 is 1.68 bits per heavy atom. The Balaban J connectivity index is 1.49. The lowest BCUT2D eigenvalue weighted by molar-refractivity contribution is -0.131. The number of carbonyl (C=O) groups excluding carboxylic acids is 3. The predicted molar refractivity (Wildman–Crippen MR) is 109 cm³/mol. The molecule has 2 amide bonds. The summed E-state index contributed by atoms with van der Waals surface area (Å²) in [5, 5.41) is 3.26. The van der Waals surface area contributed by atoms with Crippen molar-refractivity contribution in [3.05, 3.63) is 69.7 Å². The Labute approximate surface area is 173 Å². The number of halogens is 2. The second-order valence-electron chi connectivity index (χ2n) is 6.69. The maximum atomic E-state index is 12.5. The molecule has 1 aliphatic rings. The Kier molecular flexibility index (Phi) is 6.70. The molecule has 0 aliphatic carbocycles. The first-order valence-corrected chi connectivity index (χ1v) is 9.81. The topological polar surface area (TPSA) is 66.5 Å². The highest BCUT2D eigenvalue weighted by Gasteiger charge is 2.28. The number of hydrogen-bond donors (Lipinski definition) is 1. The SMILES string of the molecule is O=C(NCC(=O)N1CCC(C(=O)c2ccccc2)CC1)c1ccc(Cl)cc1Cl. The lowest BCUT2D eigenvalue weighted by atomic mass is 9.89. The van der Waals surface area contributed by atoms with Gasteiger partial charge in [0.15, 0.2) is 5.78 Å². The maximum Gasteiger partial charge on any atom is 0.253 e. The van der Waals surface area contributed by atoms with E-state index < -0.39 is 5.91 Å². The number of likely N-dealkylation sites (tertiary alicyclic amines) is 1. The van der Waals surface area contributed by atoms with E-state index in [4.69, 9.17) is 23.2 Å². The summed E-state index contributed by atoms with van der Waals surface area (Å²) in [5.41, 5.74) is 0.977. The molecule has 0 atom stereocenters. The van der Waals surface area contributed by atoms with Gasteiger partial charge in [0.05, 0.1) is 17.1 Å². The summed E-state index contributed by atoms with van der Waals surface area (Å²) in [6.07, 6.45) is 1.24.